The number of esters is 1. The molecule has 2 aliphatic rings. The lowest BCUT2D eigenvalue weighted by atomic mass is 9.83. The number of rotatable bonds is 5. The summed E-state index contributed by atoms with van der Waals surface area (Å²) in [6, 6.07) is 27.7. The van der Waals surface area contributed by atoms with Crippen LogP contribution >= 0.6 is 22.9 Å². The van der Waals surface area contributed by atoms with Crippen molar-refractivity contribution in [1.29, 1.82) is 0 Å². The molecule has 0 saturated heterocycles. The Morgan fingerprint density at radius 2 is 1.77 bits per heavy atom. The van der Waals surface area contributed by atoms with Crippen LogP contribution in [0.25, 0.3) is 11.8 Å². The van der Waals surface area contributed by atoms with Crippen LogP contribution in [0.1, 0.15) is 45.1 Å². The molecular formula is C34H22ClN3O5S. The lowest BCUT2D eigenvalue weighted by Crippen LogP contribution is -2.38. The van der Waals surface area contributed by atoms with Crippen LogP contribution in [0.5, 0.6) is 5.75 Å². The molecule has 0 unspecified atom stereocenters. The number of nitro groups is 1. The first kappa shape index (κ1) is 27.7. The summed E-state index contributed by atoms with van der Waals surface area (Å²) in [5, 5.41) is 11.7. The fourth-order valence-electron chi connectivity index (χ4n) is 5.66. The number of carbonyl (C=O) groups excluding carboxylic acids is 1. The third kappa shape index (κ3) is 5.06. The van der Waals surface area contributed by atoms with Crippen molar-refractivity contribution < 1.29 is 14.5 Å². The molecule has 5 aromatic rings. The number of ether oxygens (including phenoxy) is 1. The van der Waals surface area contributed by atoms with Gasteiger partial charge in [-0.15, -0.1) is 0 Å². The topological polar surface area (TPSA) is 104 Å². The second-order valence-corrected chi connectivity index (χ2v) is 11.9. The number of nitrogens with zero attached hydrogens (tertiary/aromatic N) is 3. The molecule has 0 fully saturated rings. The summed E-state index contributed by atoms with van der Waals surface area (Å²) in [6.07, 6.45) is 3.46. The van der Waals surface area contributed by atoms with Gasteiger partial charge < -0.3 is 4.74 Å². The van der Waals surface area contributed by atoms with E-state index in [1.165, 1.54) is 41.2 Å². The van der Waals surface area contributed by atoms with Gasteiger partial charge in [0, 0.05) is 22.7 Å². The third-order valence-electron chi connectivity index (χ3n) is 7.74. The van der Waals surface area contributed by atoms with Crippen molar-refractivity contribution in [3.63, 3.8) is 0 Å². The minimum Gasteiger partial charge on any atom is -0.423 e. The number of allylic oxidation sites excluding steroid dienone is 1. The standard InChI is InChI=1S/C34H22ClN3O5S/c35-24-13-10-22(11-14-24)31-28-17-12-21-4-1-2-7-27(21)30(28)36-34-37(31)32(39)29(44-34)18-20-8-15-26(16-9-20)43-33(40)23-5-3-6-25(19-23)38(41)42/h1-11,13-16,18-19,31H,12,17H2/b29-18+/t31-/m1/s1. The first-order valence-corrected chi connectivity index (χ1v) is 15.0. The highest BCUT2D eigenvalue weighted by Crippen LogP contribution is 2.41. The van der Waals surface area contributed by atoms with Gasteiger partial charge in [-0.1, -0.05) is 77.5 Å². The molecule has 1 aliphatic heterocycles. The summed E-state index contributed by atoms with van der Waals surface area (Å²) < 4.78 is 7.72. The Kier molecular flexibility index (Phi) is 7.04. The molecule has 0 amide bonds. The van der Waals surface area contributed by atoms with Crippen molar-refractivity contribution in [3.8, 4) is 5.75 Å². The van der Waals surface area contributed by atoms with Gasteiger partial charge in [0.05, 0.1) is 26.8 Å². The molecule has 0 spiro atoms. The fraction of sp³-hybridized carbons (Fsp3) is 0.0882. The quantitative estimate of drug-likeness (QED) is 0.102. The SMILES string of the molecule is O=C(Oc1ccc(/C=c2/sc3n(c2=O)[C@H](c2ccc(Cl)cc2)C2=C(N=3)c3ccccc3CC2)cc1)c1cccc([N+](=O)[O-])c1. The van der Waals surface area contributed by atoms with E-state index in [1.807, 2.05) is 36.4 Å². The van der Waals surface area contributed by atoms with Crippen molar-refractivity contribution in [1.82, 2.24) is 4.57 Å². The molecule has 10 heteroatoms. The van der Waals surface area contributed by atoms with Crippen molar-refractivity contribution in [2.24, 2.45) is 4.99 Å². The maximum Gasteiger partial charge on any atom is 0.343 e. The zero-order valence-electron chi connectivity index (χ0n) is 23.0. The van der Waals surface area contributed by atoms with Gasteiger partial charge in [-0.2, -0.15) is 0 Å². The van der Waals surface area contributed by atoms with Crippen molar-refractivity contribution in [2.75, 3.05) is 0 Å². The molecule has 7 rings (SSSR count). The zero-order valence-corrected chi connectivity index (χ0v) is 24.5. The number of hydrogen-bond donors (Lipinski definition) is 0. The van der Waals surface area contributed by atoms with E-state index in [4.69, 9.17) is 21.3 Å². The average Bonchev–Trinajstić information content (AvgIpc) is 3.35. The predicted octanol–water partition coefficient (Wildman–Crippen LogP) is 6.10. The van der Waals surface area contributed by atoms with Crippen LogP contribution in [0.3, 0.4) is 0 Å². The van der Waals surface area contributed by atoms with E-state index in [2.05, 4.69) is 12.1 Å². The van der Waals surface area contributed by atoms with E-state index in [-0.39, 0.29) is 28.6 Å². The van der Waals surface area contributed by atoms with Crippen LogP contribution in [0, 0.1) is 10.1 Å². The number of thiazole rings is 1. The average molecular weight is 620 g/mol. The molecule has 1 aromatic heterocycles. The Hall–Kier alpha value is -5.12. The molecule has 0 saturated carbocycles. The Balaban J connectivity index is 1.25. The van der Waals surface area contributed by atoms with Crippen LogP contribution < -0.4 is 19.6 Å². The number of nitro benzene ring substituents is 1. The molecule has 216 valence electrons. The molecule has 1 aliphatic carbocycles. The molecule has 0 N–H and O–H groups in total. The summed E-state index contributed by atoms with van der Waals surface area (Å²) in [5.74, 6) is -0.434. The van der Waals surface area contributed by atoms with Crippen molar-refractivity contribution >= 4 is 46.4 Å². The van der Waals surface area contributed by atoms with Crippen LogP contribution in [0.15, 0.2) is 112 Å². The number of aryl methyl sites for hydroxylation is 1. The second kappa shape index (κ2) is 11.2. The predicted molar refractivity (Wildman–Crippen MR) is 169 cm³/mol. The third-order valence-corrected chi connectivity index (χ3v) is 8.97. The number of halogens is 1. The van der Waals surface area contributed by atoms with E-state index in [1.54, 1.807) is 34.9 Å². The minimum atomic E-state index is -0.706. The largest absolute Gasteiger partial charge is 0.423 e. The summed E-state index contributed by atoms with van der Waals surface area (Å²) >= 11 is 7.55. The molecule has 0 radical (unpaired) electrons. The molecule has 44 heavy (non-hydrogen) atoms. The number of hydrogen-bond acceptors (Lipinski definition) is 7. The molecule has 2 heterocycles. The van der Waals surface area contributed by atoms with Gasteiger partial charge in [0.1, 0.15) is 5.75 Å². The minimum absolute atomic E-state index is 0.0740. The van der Waals surface area contributed by atoms with Crippen LogP contribution in [0.2, 0.25) is 5.02 Å². The first-order valence-electron chi connectivity index (χ1n) is 13.8. The number of non-ortho nitro benzene ring substituents is 1. The number of carbonyl (C=O) groups is 1. The van der Waals surface area contributed by atoms with E-state index >= 15 is 0 Å². The highest BCUT2D eigenvalue weighted by atomic mass is 35.5. The van der Waals surface area contributed by atoms with E-state index in [0.717, 1.165) is 40.8 Å². The Labute approximate surface area is 259 Å². The van der Waals surface area contributed by atoms with E-state index < -0.39 is 10.9 Å². The van der Waals surface area contributed by atoms with Gasteiger partial charge in [0.2, 0.25) is 0 Å². The van der Waals surface area contributed by atoms with Gasteiger partial charge in [-0.05, 0) is 71.5 Å². The number of aromatic nitrogens is 1. The summed E-state index contributed by atoms with van der Waals surface area (Å²) in [6.45, 7) is 0. The Morgan fingerprint density at radius 1 is 1.00 bits per heavy atom. The maximum absolute atomic E-state index is 13.9. The van der Waals surface area contributed by atoms with Gasteiger partial charge >= 0.3 is 5.97 Å². The number of fused-ring (bicyclic) bond motifs is 3. The van der Waals surface area contributed by atoms with E-state index in [9.17, 15) is 19.7 Å². The van der Waals surface area contributed by atoms with Crippen molar-refractivity contribution in [2.45, 2.75) is 18.9 Å². The molecule has 4 aromatic carbocycles. The van der Waals surface area contributed by atoms with Crippen LogP contribution in [-0.2, 0) is 6.42 Å². The highest BCUT2D eigenvalue weighted by Gasteiger charge is 2.32. The van der Waals surface area contributed by atoms with Gasteiger partial charge in [0.25, 0.3) is 11.2 Å². The number of benzene rings is 4. The monoisotopic (exact) mass is 619 g/mol. The lowest BCUT2D eigenvalue weighted by molar-refractivity contribution is -0.384. The van der Waals surface area contributed by atoms with Crippen molar-refractivity contribution in [3.05, 3.63) is 165 Å². The van der Waals surface area contributed by atoms with Crippen LogP contribution in [-0.4, -0.2) is 15.5 Å². The second-order valence-electron chi connectivity index (χ2n) is 10.4. The zero-order chi connectivity index (χ0) is 30.4. The smallest absolute Gasteiger partial charge is 0.343 e. The molecular weight excluding hydrogens is 598 g/mol. The summed E-state index contributed by atoms with van der Waals surface area (Å²) in [7, 11) is 0. The molecule has 8 nitrogen and oxygen atoms in total. The summed E-state index contributed by atoms with van der Waals surface area (Å²) in [4.78, 5) is 42.6. The Bertz CT molecular complexity index is 2180. The van der Waals surface area contributed by atoms with Gasteiger partial charge in [-0.25, -0.2) is 9.79 Å². The highest BCUT2D eigenvalue weighted by molar-refractivity contribution is 7.07. The van der Waals surface area contributed by atoms with E-state index in [0.29, 0.717) is 14.4 Å². The Morgan fingerprint density at radius 3 is 2.55 bits per heavy atom. The van der Waals surface area contributed by atoms with Gasteiger partial charge in [-0.3, -0.25) is 19.5 Å². The van der Waals surface area contributed by atoms with Gasteiger partial charge in [0.15, 0.2) is 4.80 Å². The molecule has 1 atom stereocenters. The first-order chi connectivity index (χ1) is 21.4. The lowest BCUT2D eigenvalue weighted by Gasteiger charge is -2.30. The fourth-order valence-corrected chi connectivity index (χ4v) is 6.79. The summed E-state index contributed by atoms with van der Waals surface area (Å²) in [5.41, 5.74) is 5.83. The van der Waals surface area contributed by atoms with Crippen LogP contribution in [0.4, 0.5) is 5.69 Å². The molecule has 0 bridgehead atoms. The normalized spacial score (nSPS) is 15.6. The maximum atomic E-state index is 13.9.